The van der Waals surface area contributed by atoms with Crippen molar-refractivity contribution in [1.82, 2.24) is 5.32 Å². The van der Waals surface area contributed by atoms with Crippen molar-refractivity contribution in [2.24, 2.45) is 0 Å². The minimum atomic E-state index is -0.549. The van der Waals surface area contributed by atoms with Gasteiger partial charge in [-0.25, -0.2) is 0 Å². The largest absolute Gasteiger partial charge is 0.462 e. The molecule has 1 fully saturated rings. The molecule has 0 radical (unpaired) electrons. The normalized spacial score (nSPS) is 19.9. The van der Waals surface area contributed by atoms with Crippen LogP contribution in [0.4, 0.5) is 0 Å². The number of hydrogen-bond acceptors (Lipinski definition) is 3. The molecule has 25 heavy (non-hydrogen) atoms. The van der Waals surface area contributed by atoms with Crippen LogP contribution in [-0.2, 0) is 16.0 Å². The van der Waals surface area contributed by atoms with Crippen molar-refractivity contribution in [3.63, 3.8) is 0 Å². The summed E-state index contributed by atoms with van der Waals surface area (Å²) >= 11 is 0. The Balaban J connectivity index is 1.75. The zero-order valence-electron chi connectivity index (χ0n) is 14.5. The van der Waals surface area contributed by atoms with Gasteiger partial charge in [0.15, 0.2) is 12.0 Å². The fourth-order valence-electron chi connectivity index (χ4n) is 3.35. The average Bonchev–Trinajstić information content (AvgIpc) is 3.40. The molecule has 1 N–H and O–H groups in total. The first-order valence-corrected chi connectivity index (χ1v) is 9.13. The van der Waals surface area contributed by atoms with Crippen molar-refractivity contribution < 1.29 is 9.53 Å². The summed E-state index contributed by atoms with van der Waals surface area (Å²) in [5.74, 6) is 0.711. The highest BCUT2D eigenvalue weighted by atomic mass is 16.5. The quantitative estimate of drug-likeness (QED) is 0.851. The van der Waals surface area contributed by atoms with Gasteiger partial charge in [-0.3, -0.25) is 4.79 Å². The second-order valence-corrected chi connectivity index (χ2v) is 6.80. The number of ketones is 1. The molecule has 2 aromatic rings. The molecular formula is C22H23NO2. The summed E-state index contributed by atoms with van der Waals surface area (Å²) in [6.07, 6.45) is 3.74. The maximum atomic E-state index is 13.3. The second-order valence-electron chi connectivity index (χ2n) is 6.80. The van der Waals surface area contributed by atoms with Gasteiger partial charge in [0.25, 0.3) is 0 Å². The SMILES string of the molecule is CCCc1ccccc1C1=C(NC2CC2)OC(c2ccccc2)C1=O. The van der Waals surface area contributed by atoms with Gasteiger partial charge in [0.2, 0.25) is 5.78 Å². The Morgan fingerprint density at radius 2 is 1.76 bits per heavy atom. The summed E-state index contributed by atoms with van der Waals surface area (Å²) in [4.78, 5) is 13.3. The van der Waals surface area contributed by atoms with Crippen LogP contribution in [0.3, 0.4) is 0 Å². The van der Waals surface area contributed by atoms with Crippen molar-refractivity contribution >= 4 is 11.4 Å². The van der Waals surface area contributed by atoms with Gasteiger partial charge >= 0.3 is 0 Å². The summed E-state index contributed by atoms with van der Waals surface area (Å²) in [6, 6.07) is 18.4. The first-order valence-electron chi connectivity index (χ1n) is 9.13. The smallest absolute Gasteiger partial charge is 0.213 e. The van der Waals surface area contributed by atoms with E-state index in [0.717, 1.165) is 36.8 Å². The van der Waals surface area contributed by atoms with E-state index in [2.05, 4.69) is 18.3 Å². The van der Waals surface area contributed by atoms with E-state index in [1.165, 1.54) is 5.56 Å². The summed E-state index contributed by atoms with van der Waals surface area (Å²) in [5, 5.41) is 3.44. The van der Waals surface area contributed by atoms with Crippen LogP contribution in [-0.4, -0.2) is 11.8 Å². The first-order chi connectivity index (χ1) is 12.3. The second kappa shape index (κ2) is 6.75. The van der Waals surface area contributed by atoms with Gasteiger partial charge in [0.1, 0.15) is 0 Å². The Kier molecular flexibility index (Phi) is 4.31. The molecule has 2 aromatic carbocycles. The monoisotopic (exact) mass is 333 g/mol. The minimum Gasteiger partial charge on any atom is -0.462 e. The molecule has 1 saturated carbocycles. The molecule has 0 spiro atoms. The van der Waals surface area contributed by atoms with Crippen LogP contribution in [0, 0.1) is 0 Å². The Hall–Kier alpha value is -2.55. The van der Waals surface area contributed by atoms with Crippen LogP contribution in [0.1, 0.15) is 49.0 Å². The van der Waals surface area contributed by atoms with Crippen LogP contribution in [0.5, 0.6) is 0 Å². The van der Waals surface area contributed by atoms with Crippen LogP contribution < -0.4 is 5.32 Å². The fraction of sp³-hybridized carbons (Fsp3) is 0.318. The summed E-state index contributed by atoms with van der Waals surface area (Å²) < 4.78 is 6.13. The molecular weight excluding hydrogens is 310 g/mol. The van der Waals surface area contributed by atoms with Gasteiger partial charge in [0.05, 0.1) is 5.57 Å². The number of carbonyl (C=O) groups is 1. The van der Waals surface area contributed by atoms with Gasteiger partial charge < -0.3 is 10.1 Å². The molecule has 2 aliphatic rings. The molecule has 0 bridgehead atoms. The molecule has 4 rings (SSSR count). The van der Waals surface area contributed by atoms with E-state index in [1.807, 2.05) is 48.5 Å². The van der Waals surface area contributed by atoms with Crippen LogP contribution >= 0.6 is 0 Å². The Morgan fingerprint density at radius 3 is 2.48 bits per heavy atom. The molecule has 1 aliphatic carbocycles. The number of ether oxygens (including phenoxy) is 1. The van der Waals surface area contributed by atoms with E-state index in [-0.39, 0.29) is 5.78 Å². The van der Waals surface area contributed by atoms with E-state index < -0.39 is 6.10 Å². The van der Waals surface area contributed by atoms with Crippen LogP contribution in [0.2, 0.25) is 0 Å². The Bertz CT molecular complexity index is 806. The lowest BCUT2D eigenvalue weighted by molar-refractivity contribution is -0.120. The number of hydrogen-bond donors (Lipinski definition) is 1. The average molecular weight is 333 g/mol. The molecule has 0 aromatic heterocycles. The number of aryl methyl sites for hydroxylation is 1. The summed E-state index contributed by atoms with van der Waals surface area (Å²) in [5.41, 5.74) is 3.84. The predicted molar refractivity (Wildman–Crippen MR) is 98.8 cm³/mol. The van der Waals surface area contributed by atoms with E-state index >= 15 is 0 Å². The van der Waals surface area contributed by atoms with Gasteiger partial charge in [-0.05, 0) is 30.4 Å². The van der Waals surface area contributed by atoms with Gasteiger partial charge in [-0.1, -0.05) is 67.9 Å². The highest BCUT2D eigenvalue weighted by molar-refractivity contribution is 6.25. The molecule has 3 heteroatoms. The molecule has 1 unspecified atom stereocenters. The zero-order chi connectivity index (χ0) is 17.2. The highest BCUT2D eigenvalue weighted by Crippen LogP contribution is 2.39. The van der Waals surface area contributed by atoms with E-state index in [0.29, 0.717) is 17.5 Å². The third-order valence-electron chi connectivity index (χ3n) is 4.77. The van der Waals surface area contributed by atoms with Crippen molar-refractivity contribution in [3.05, 3.63) is 77.2 Å². The lowest BCUT2D eigenvalue weighted by Crippen LogP contribution is -2.17. The van der Waals surface area contributed by atoms with Gasteiger partial charge in [-0.15, -0.1) is 0 Å². The molecule has 0 saturated heterocycles. The summed E-state index contributed by atoms with van der Waals surface area (Å²) in [7, 11) is 0. The first kappa shape index (κ1) is 15.9. The minimum absolute atomic E-state index is 0.0536. The molecule has 128 valence electrons. The van der Waals surface area contributed by atoms with Crippen molar-refractivity contribution in [1.29, 1.82) is 0 Å². The molecule has 1 aliphatic heterocycles. The topological polar surface area (TPSA) is 38.3 Å². The third kappa shape index (κ3) is 3.19. The third-order valence-corrected chi connectivity index (χ3v) is 4.77. The number of carbonyl (C=O) groups excluding carboxylic acids is 1. The summed E-state index contributed by atoms with van der Waals surface area (Å²) in [6.45, 7) is 2.16. The van der Waals surface area contributed by atoms with Crippen molar-refractivity contribution in [2.45, 2.75) is 44.8 Å². The predicted octanol–water partition coefficient (Wildman–Crippen LogP) is 4.40. The number of benzene rings is 2. The van der Waals surface area contributed by atoms with Crippen molar-refractivity contribution in [2.75, 3.05) is 0 Å². The molecule has 1 atom stereocenters. The highest BCUT2D eigenvalue weighted by Gasteiger charge is 2.39. The maximum absolute atomic E-state index is 13.3. The van der Waals surface area contributed by atoms with E-state index in [4.69, 9.17) is 4.74 Å². The Labute approximate surface area is 148 Å². The maximum Gasteiger partial charge on any atom is 0.213 e. The van der Waals surface area contributed by atoms with Gasteiger partial charge in [0, 0.05) is 11.6 Å². The zero-order valence-corrected chi connectivity index (χ0v) is 14.5. The molecule has 3 nitrogen and oxygen atoms in total. The van der Waals surface area contributed by atoms with Crippen molar-refractivity contribution in [3.8, 4) is 0 Å². The standard InChI is InChI=1S/C22H23NO2/c1-2-8-15-9-6-7-12-18(15)19-20(24)21(16-10-4-3-5-11-16)25-22(19)23-17-13-14-17/h3-7,9-12,17,21,23H,2,8,13-14H2,1H3. The van der Waals surface area contributed by atoms with Crippen LogP contribution in [0.25, 0.3) is 5.57 Å². The lowest BCUT2D eigenvalue weighted by atomic mass is 9.92. The van der Waals surface area contributed by atoms with Crippen LogP contribution in [0.15, 0.2) is 60.5 Å². The number of nitrogens with one attached hydrogen (secondary N) is 1. The van der Waals surface area contributed by atoms with E-state index in [9.17, 15) is 4.79 Å². The molecule has 1 heterocycles. The Morgan fingerprint density at radius 1 is 1.04 bits per heavy atom. The number of Topliss-reactive ketones (excluding diaryl/α,β-unsaturated/α-hetero) is 1. The van der Waals surface area contributed by atoms with E-state index in [1.54, 1.807) is 0 Å². The fourth-order valence-corrected chi connectivity index (χ4v) is 3.35. The van der Waals surface area contributed by atoms with Gasteiger partial charge in [-0.2, -0.15) is 0 Å². The number of rotatable bonds is 6. The lowest BCUT2D eigenvalue weighted by Gasteiger charge is -2.12. The molecule has 0 amide bonds.